The molecule has 1 aromatic rings. The van der Waals surface area contributed by atoms with Gasteiger partial charge in [0.05, 0.1) is 24.9 Å². The minimum atomic E-state index is 0.400. The van der Waals surface area contributed by atoms with Crippen molar-refractivity contribution in [3.63, 3.8) is 0 Å². The first kappa shape index (κ1) is 12.8. The van der Waals surface area contributed by atoms with Crippen LogP contribution >= 0.6 is 11.3 Å². The molecule has 1 saturated heterocycles. The molecule has 5 heteroatoms. The number of morpholine rings is 1. The summed E-state index contributed by atoms with van der Waals surface area (Å²) in [5.41, 5.74) is 1.10. The molecule has 4 nitrogen and oxygen atoms in total. The van der Waals surface area contributed by atoms with Crippen LogP contribution in [0.2, 0.25) is 0 Å². The van der Waals surface area contributed by atoms with Gasteiger partial charge >= 0.3 is 0 Å². The lowest BCUT2D eigenvalue weighted by Crippen LogP contribution is -2.51. The van der Waals surface area contributed by atoms with Gasteiger partial charge in [-0.25, -0.2) is 4.98 Å². The number of anilines is 1. The van der Waals surface area contributed by atoms with Gasteiger partial charge in [0.2, 0.25) is 0 Å². The Balaban J connectivity index is 2.01. The monoisotopic (exact) mass is 255 g/mol. The van der Waals surface area contributed by atoms with E-state index in [0.29, 0.717) is 12.1 Å². The van der Waals surface area contributed by atoms with Crippen LogP contribution in [0.15, 0.2) is 5.38 Å². The molecular formula is C12H21N3OS. The molecule has 0 aromatic carbocycles. The Hall–Kier alpha value is -0.650. The van der Waals surface area contributed by atoms with Gasteiger partial charge in [-0.2, -0.15) is 0 Å². The Morgan fingerprint density at radius 3 is 3.12 bits per heavy atom. The molecule has 1 N–H and O–H groups in total. The van der Waals surface area contributed by atoms with Gasteiger partial charge in [0, 0.05) is 24.5 Å². The summed E-state index contributed by atoms with van der Waals surface area (Å²) in [6.45, 7) is 9.87. The zero-order valence-corrected chi connectivity index (χ0v) is 11.6. The van der Waals surface area contributed by atoms with Gasteiger partial charge < -0.3 is 15.0 Å². The summed E-state index contributed by atoms with van der Waals surface area (Å²) < 4.78 is 5.57. The third-order valence-corrected chi connectivity index (χ3v) is 3.84. The fourth-order valence-electron chi connectivity index (χ4n) is 1.92. The van der Waals surface area contributed by atoms with Crippen LogP contribution in [0.5, 0.6) is 0 Å². The van der Waals surface area contributed by atoms with Crippen LogP contribution in [0, 0.1) is 6.92 Å². The van der Waals surface area contributed by atoms with Gasteiger partial charge in [-0.3, -0.25) is 0 Å². The first-order chi connectivity index (χ1) is 8.16. The van der Waals surface area contributed by atoms with E-state index in [1.54, 1.807) is 11.3 Å². The van der Waals surface area contributed by atoms with Crippen LogP contribution in [-0.4, -0.2) is 43.4 Å². The van der Waals surface area contributed by atoms with Crippen molar-refractivity contribution in [3.05, 3.63) is 11.1 Å². The minimum Gasteiger partial charge on any atom is -0.377 e. The fourth-order valence-corrected chi connectivity index (χ4v) is 2.82. The molecule has 2 rings (SSSR count). The van der Waals surface area contributed by atoms with Crippen molar-refractivity contribution in [1.29, 1.82) is 0 Å². The molecule has 0 spiro atoms. The number of nitrogens with one attached hydrogen (secondary N) is 1. The summed E-state index contributed by atoms with van der Waals surface area (Å²) in [6, 6.07) is 0.911. The zero-order valence-electron chi connectivity index (χ0n) is 10.8. The van der Waals surface area contributed by atoms with E-state index in [4.69, 9.17) is 4.74 Å². The molecule has 0 radical (unpaired) electrons. The van der Waals surface area contributed by atoms with Gasteiger partial charge in [-0.15, -0.1) is 11.3 Å². The largest absolute Gasteiger partial charge is 0.377 e. The first-order valence-electron chi connectivity index (χ1n) is 6.16. The maximum absolute atomic E-state index is 5.57. The van der Waals surface area contributed by atoms with Crippen LogP contribution in [0.1, 0.15) is 19.5 Å². The second kappa shape index (κ2) is 5.80. The first-order valence-corrected chi connectivity index (χ1v) is 7.04. The lowest BCUT2D eigenvalue weighted by atomic mass is 10.2. The Morgan fingerprint density at radius 2 is 2.47 bits per heavy atom. The summed E-state index contributed by atoms with van der Waals surface area (Å²) in [5.74, 6) is 0. The summed E-state index contributed by atoms with van der Waals surface area (Å²) in [6.07, 6.45) is 0. The standard InChI is InChI=1S/C12H21N3OS/c1-9(2)13-6-11-7-16-5-4-15(11)12-14-10(3)8-17-12/h8-9,11,13H,4-7H2,1-3H3. The molecule has 1 atom stereocenters. The fraction of sp³-hybridized carbons (Fsp3) is 0.750. The molecule has 1 aliphatic heterocycles. The highest BCUT2D eigenvalue weighted by Crippen LogP contribution is 2.23. The van der Waals surface area contributed by atoms with Crippen LogP contribution in [-0.2, 0) is 4.74 Å². The van der Waals surface area contributed by atoms with Gasteiger partial charge in [0.1, 0.15) is 0 Å². The molecule has 0 saturated carbocycles. The Labute approximate surface area is 107 Å². The molecule has 0 aliphatic carbocycles. The average Bonchev–Trinajstić information content (AvgIpc) is 2.73. The normalized spacial score (nSPS) is 21.2. The third-order valence-electron chi connectivity index (χ3n) is 2.84. The van der Waals surface area contributed by atoms with Crippen LogP contribution in [0.3, 0.4) is 0 Å². The number of hydrogen-bond acceptors (Lipinski definition) is 5. The molecule has 1 unspecified atom stereocenters. The van der Waals surface area contributed by atoms with Crippen LogP contribution in [0.25, 0.3) is 0 Å². The summed E-state index contributed by atoms with van der Waals surface area (Å²) in [7, 11) is 0. The predicted octanol–water partition coefficient (Wildman–Crippen LogP) is 1.65. The molecule has 1 fully saturated rings. The Bertz CT molecular complexity index is 353. The molecule has 0 amide bonds. The van der Waals surface area contributed by atoms with Crippen LogP contribution in [0.4, 0.5) is 5.13 Å². The van der Waals surface area contributed by atoms with E-state index in [-0.39, 0.29) is 0 Å². The highest BCUT2D eigenvalue weighted by molar-refractivity contribution is 7.13. The van der Waals surface area contributed by atoms with Crippen molar-refractivity contribution in [1.82, 2.24) is 10.3 Å². The Kier molecular flexibility index (Phi) is 4.36. The van der Waals surface area contributed by atoms with E-state index in [1.165, 1.54) is 0 Å². The topological polar surface area (TPSA) is 37.4 Å². The van der Waals surface area contributed by atoms with E-state index >= 15 is 0 Å². The number of ether oxygens (including phenoxy) is 1. The van der Waals surface area contributed by atoms with Crippen molar-refractivity contribution < 1.29 is 4.74 Å². The smallest absolute Gasteiger partial charge is 0.185 e. The van der Waals surface area contributed by atoms with Gasteiger partial charge in [-0.05, 0) is 6.92 Å². The second-order valence-electron chi connectivity index (χ2n) is 4.76. The molecule has 1 aliphatic rings. The van der Waals surface area contributed by atoms with E-state index in [2.05, 4.69) is 34.4 Å². The zero-order chi connectivity index (χ0) is 12.3. The molecule has 17 heavy (non-hydrogen) atoms. The molecule has 0 bridgehead atoms. The number of rotatable bonds is 4. The summed E-state index contributed by atoms with van der Waals surface area (Å²) >= 11 is 1.73. The van der Waals surface area contributed by atoms with Gasteiger partial charge in [0.25, 0.3) is 0 Å². The van der Waals surface area contributed by atoms with Crippen molar-refractivity contribution in [2.45, 2.75) is 32.9 Å². The molecule has 96 valence electrons. The Morgan fingerprint density at radius 1 is 1.65 bits per heavy atom. The second-order valence-corrected chi connectivity index (χ2v) is 5.59. The van der Waals surface area contributed by atoms with Gasteiger partial charge in [0.15, 0.2) is 5.13 Å². The van der Waals surface area contributed by atoms with Crippen molar-refractivity contribution >= 4 is 16.5 Å². The highest BCUT2D eigenvalue weighted by Gasteiger charge is 2.25. The lowest BCUT2D eigenvalue weighted by molar-refractivity contribution is 0.0931. The number of aromatic nitrogens is 1. The van der Waals surface area contributed by atoms with Crippen LogP contribution < -0.4 is 10.2 Å². The van der Waals surface area contributed by atoms with E-state index in [1.807, 2.05) is 6.92 Å². The molecule has 2 heterocycles. The number of aryl methyl sites for hydroxylation is 1. The van der Waals surface area contributed by atoms with Crippen molar-refractivity contribution in [2.24, 2.45) is 0 Å². The average molecular weight is 255 g/mol. The minimum absolute atomic E-state index is 0.400. The summed E-state index contributed by atoms with van der Waals surface area (Å²) in [5, 5.41) is 6.71. The SMILES string of the molecule is Cc1csc(N2CCOCC2CNC(C)C)n1. The van der Waals surface area contributed by atoms with E-state index in [9.17, 15) is 0 Å². The van der Waals surface area contributed by atoms with E-state index in [0.717, 1.165) is 37.1 Å². The van der Waals surface area contributed by atoms with Crippen molar-refractivity contribution in [2.75, 3.05) is 31.2 Å². The number of hydrogen-bond donors (Lipinski definition) is 1. The maximum atomic E-state index is 5.57. The summed E-state index contributed by atoms with van der Waals surface area (Å²) in [4.78, 5) is 6.94. The molecule has 1 aromatic heterocycles. The maximum Gasteiger partial charge on any atom is 0.185 e. The quantitative estimate of drug-likeness (QED) is 0.888. The van der Waals surface area contributed by atoms with Crippen molar-refractivity contribution in [3.8, 4) is 0 Å². The molecular weight excluding hydrogens is 234 g/mol. The lowest BCUT2D eigenvalue weighted by Gasteiger charge is -2.36. The number of nitrogens with zero attached hydrogens (tertiary/aromatic N) is 2. The number of thiazole rings is 1. The third kappa shape index (κ3) is 3.40. The highest BCUT2D eigenvalue weighted by atomic mass is 32.1. The van der Waals surface area contributed by atoms with E-state index < -0.39 is 0 Å². The predicted molar refractivity (Wildman–Crippen MR) is 71.9 cm³/mol. The van der Waals surface area contributed by atoms with Gasteiger partial charge in [-0.1, -0.05) is 13.8 Å².